The number of benzene rings is 2. The lowest BCUT2D eigenvalue weighted by Gasteiger charge is -2.27. The van der Waals surface area contributed by atoms with Gasteiger partial charge in [-0.05, 0) is 61.1 Å². The van der Waals surface area contributed by atoms with Crippen LogP contribution in [0.15, 0.2) is 59.6 Å². The monoisotopic (exact) mass is 598 g/mol. The summed E-state index contributed by atoms with van der Waals surface area (Å²) in [5.41, 5.74) is 10.2. The quantitative estimate of drug-likeness (QED) is 0.181. The second-order valence-electron chi connectivity index (χ2n) is 13.6. The fourth-order valence-electron chi connectivity index (χ4n) is 7.70. The largest absolute Gasteiger partial charge is 0.370 e. The molecule has 5 rings (SSSR count). The zero-order valence-electron chi connectivity index (χ0n) is 27.4. The van der Waals surface area contributed by atoms with Gasteiger partial charge >= 0.3 is 0 Å². The summed E-state index contributed by atoms with van der Waals surface area (Å²) in [5, 5.41) is 9.08. The summed E-state index contributed by atoms with van der Waals surface area (Å²) >= 11 is 0. The Morgan fingerprint density at radius 3 is 2.23 bits per heavy atom. The Hall–Kier alpha value is -3.02. The van der Waals surface area contributed by atoms with Gasteiger partial charge in [0.05, 0.1) is 12.6 Å². The lowest BCUT2D eigenvalue weighted by Crippen LogP contribution is -2.41. The van der Waals surface area contributed by atoms with Gasteiger partial charge in [0, 0.05) is 32.2 Å². The van der Waals surface area contributed by atoms with Crippen molar-refractivity contribution in [3.8, 4) is 11.1 Å². The molecule has 0 bridgehead atoms. The summed E-state index contributed by atoms with van der Waals surface area (Å²) in [6.45, 7) is 7.09. The molecule has 2 atom stereocenters. The molecule has 1 aliphatic carbocycles. The number of hydrogen-bond donors (Lipinski definition) is 2. The van der Waals surface area contributed by atoms with Gasteiger partial charge in [0.1, 0.15) is 0 Å². The fourth-order valence-corrected chi connectivity index (χ4v) is 7.70. The smallest absolute Gasteiger partial charge is 0.194 e. The SMILES string of the molecule is CCCC[C@H]1CN(CCCC[C@H]2CN=C(N)N2CCCCC2CCCCC2)C(=N)N1CCc1ccc(-c2ccccc2)cc1. The molecule has 0 spiro atoms. The number of nitrogens with one attached hydrogen (secondary N) is 1. The standard InChI is InChI=1S/C38H58N6/c1-2-3-19-36-30-42(38(40)44(36)28-25-32-21-23-34(24-22-32)33-17-8-5-9-18-33)26-12-11-20-35-29-41-37(39)43(35)27-13-10-16-31-14-6-4-7-15-31/h5,8-9,17-18,21-24,31,35-36,40H,2-4,6-7,10-16,19-20,25-30H2,1H3,(H2,39,41)/t35-,36-/m0/s1. The molecule has 3 aliphatic rings. The molecular formula is C38H58N6. The number of aliphatic imine (C=N–C) groups is 1. The first kappa shape index (κ1) is 32.4. The minimum Gasteiger partial charge on any atom is -0.370 e. The molecule has 6 nitrogen and oxygen atoms in total. The molecule has 240 valence electrons. The van der Waals surface area contributed by atoms with Crippen molar-refractivity contribution < 1.29 is 0 Å². The molecule has 3 N–H and O–H groups in total. The highest BCUT2D eigenvalue weighted by molar-refractivity contribution is 5.80. The molecule has 2 heterocycles. The first-order chi connectivity index (χ1) is 21.6. The van der Waals surface area contributed by atoms with E-state index in [-0.39, 0.29) is 0 Å². The third-order valence-corrected chi connectivity index (χ3v) is 10.4. The van der Waals surface area contributed by atoms with E-state index in [0.717, 1.165) is 69.8 Å². The molecule has 0 unspecified atom stereocenters. The van der Waals surface area contributed by atoms with Crippen molar-refractivity contribution in [1.82, 2.24) is 14.7 Å². The minimum atomic E-state index is 0.457. The van der Waals surface area contributed by atoms with E-state index in [1.54, 1.807) is 0 Å². The lowest BCUT2D eigenvalue weighted by molar-refractivity contribution is 0.288. The highest BCUT2D eigenvalue weighted by atomic mass is 15.4. The number of guanidine groups is 2. The van der Waals surface area contributed by atoms with Crippen molar-refractivity contribution in [2.24, 2.45) is 16.6 Å². The summed E-state index contributed by atoms with van der Waals surface area (Å²) in [4.78, 5) is 11.8. The minimum absolute atomic E-state index is 0.457. The van der Waals surface area contributed by atoms with Gasteiger partial charge in [0.15, 0.2) is 11.9 Å². The molecule has 2 aromatic rings. The maximum atomic E-state index is 9.08. The van der Waals surface area contributed by atoms with E-state index in [0.29, 0.717) is 12.1 Å². The van der Waals surface area contributed by atoms with Crippen LogP contribution in [0, 0.1) is 11.3 Å². The Morgan fingerprint density at radius 1 is 0.750 bits per heavy atom. The van der Waals surface area contributed by atoms with Crippen molar-refractivity contribution in [2.45, 2.75) is 115 Å². The van der Waals surface area contributed by atoms with Crippen LogP contribution < -0.4 is 5.73 Å². The van der Waals surface area contributed by atoms with Crippen molar-refractivity contribution in [2.75, 3.05) is 32.7 Å². The van der Waals surface area contributed by atoms with Gasteiger partial charge in [-0.1, -0.05) is 119 Å². The van der Waals surface area contributed by atoms with Gasteiger partial charge in [-0.15, -0.1) is 0 Å². The highest BCUT2D eigenvalue weighted by Gasteiger charge is 2.33. The zero-order valence-corrected chi connectivity index (χ0v) is 27.4. The van der Waals surface area contributed by atoms with Crippen LogP contribution >= 0.6 is 0 Å². The average Bonchev–Trinajstić information content (AvgIpc) is 3.57. The topological polar surface area (TPSA) is 72.0 Å². The molecule has 44 heavy (non-hydrogen) atoms. The van der Waals surface area contributed by atoms with E-state index < -0.39 is 0 Å². The third-order valence-electron chi connectivity index (χ3n) is 10.4. The van der Waals surface area contributed by atoms with Crippen LogP contribution in [0.4, 0.5) is 0 Å². The van der Waals surface area contributed by atoms with E-state index in [9.17, 15) is 0 Å². The van der Waals surface area contributed by atoms with E-state index in [1.165, 1.54) is 93.7 Å². The highest BCUT2D eigenvalue weighted by Crippen LogP contribution is 2.28. The Morgan fingerprint density at radius 2 is 1.45 bits per heavy atom. The Balaban J connectivity index is 1.04. The summed E-state index contributed by atoms with van der Waals surface area (Å²) in [5.74, 6) is 2.47. The normalized spacial score (nSPS) is 21.0. The average molecular weight is 599 g/mol. The first-order valence-corrected chi connectivity index (χ1v) is 17.9. The maximum Gasteiger partial charge on any atom is 0.194 e. The van der Waals surface area contributed by atoms with Crippen molar-refractivity contribution in [3.63, 3.8) is 0 Å². The van der Waals surface area contributed by atoms with Gasteiger partial charge in [-0.25, -0.2) is 0 Å². The van der Waals surface area contributed by atoms with Crippen LogP contribution in [0.5, 0.6) is 0 Å². The second kappa shape index (κ2) is 16.9. The molecule has 2 aromatic carbocycles. The Kier molecular flexibility index (Phi) is 12.4. The molecule has 1 saturated carbocycles. The van der Waals surface area contributed by atoms with Crippen molar-refractivity contribution in [1.29, 1.82) is 5.41 Å². The summed E-state index contributed by atoms with van der Waals surface area (Å²) < 4.78 is 0. The first-order valence-electron chi connectivity index (χ1n) is 17.9. The van der Waals surface area contributed by atoms with Gasteiger partial charge in [-0.3, -0.25) is 10.4 Å². The van der Waals surface area contributed by atoms with Gasteiger partial charge < -0.3 is 20.4 Å². The molecule has 0 amide bonds. The van der Waals surface area contributed by atoms with E-state index >= 15 is 0 Å². The van der Waals surface area contributed by atoms with E-state index in [4.69, 9.17) is 11.1 Å². The van der Waals surface area contributed by atoms with Gasteiger partial charge in [0.2, 0.25) is 0 Å². The van der Waals surface area contributed by atoms with E-state index in [2.05, 4.69) is 81.2 Å². The lowest BCUT2D eigenvalue weighted by atomic mass is 9.86. The molecular weight excluding hydrogens is 540 g/mol. The molecule has 6 heteroatoms. The number of nitrogens with two attached hydrogens (primary N) is 1. The van der Waals surface area contributed by atoms with Crippen molar-refractivity contribution in [3.05, 3.63) is 60.2 Å². The number of nitrogens with zero attached hydrogens (tertiary/aromatic N) is 4. The molecule has 0 radical (unpaired) electrons. The molecule has 1 saturated heterocycles. The predicted octanol–water partition coefficient (Wildman–Crippen LogP) is 7.93. The second-order valence-corrected chi connectivity index (χ2v) is 13.6. The summed E-state index contributed by atoms with van der Waals surface area (Å²) in [6.07, 6.45) is 19.2. The van der Waals surface area contributed by atoms with Crippen LogP contribution in [0.25, 0.3) is 11.1 Å². The molecule has 0 aromatic heterocycles. The number of unbranched alkanes of at least 4 members (excludes halogenated alkanes) is 3. The van der Waals surface area contributed by atoms with Gasteiger partial charge in [0.25, 0.3) is 0 Å². The van der Waals surface area contributed by atoms with Crippen LogP contribution in [0.2, 0.25) is 0 Å². The van der Waals surface area contributed by atoms with Crippen LogP contribution in [-0.2, 0) is 6.42 Å². The van der Waals surface area contributed by atoms with Crippen LogP contribution in [-0.4, -0.2) is 71.4 Å². The predicted molar refractivity (Wildman–Crippen MR) is 186 cm³/mol. The van der Waals surface area contributed by atoms with E-state index in [1.807, 2.05) is 0 Å². The zero-order chi connectivity index (χ0) is 30.6. The summed E-state index contributed by atoms with van der Waals surface area (Å²) in [6, 6.07) is 20.5. The van der Waals surface area contributed by atoms with Crippen LogP contribution in [0.3, 0.4) is 0 Å². The summed E-state index contributed by atoms with van der Waals surface area (Å²) in [7, 11) is 0. The maximum absolute atomic E-state index is 9.08. The molecule has 2 fully saturated rings. The Bertz CT molecular complexity index is 1160. The molecule has 2 aliphatic heterocycles. The van der Waals surface area contributed by atoms with Crippen LogP contribution in [0.1, 0.15) is 102 Å². The fraction of sp³-hybridized carbons (Fsp3) is 0.632. The third kappa shape index (κ3) is 9.01. The number of hydrogen-bond acceptors (Lipinski definition) is 4. The number of rotatable bonds is 17. The Labute approximate surface area is 267 Å². The van der Waals surface area contributed by atoms with Crippen molar-refractivity contribution >= 4 is 11.9 Å². The van der Waals surface area contributed by atoms with Gasteiger partial charge in [-0.2, -0.15) is 0 Å².